The van der Waals surface area contributed by atoms with Crippen LogP contribution in [0.15, 0.2) is 182 Å². The first-order chi connectivity index (χ1) is 53.2. The van der Waals surface area contributed by atoms with Crippen LogP contribution in [-0.4, -0.2) is 145 Å². The number of ether oxygens (including phenoxy) is 6. The first-order valence-electron chi connectivity index (χ1n) is 38.8. The number of benzene rings is 11. The van der Waals surface area contributed by atoms with Crippen LogP contribution in [0.3, 0.4) is 0 Å². The number of likely N-dealkylation sites (N-methyl/N-ethyl adjacent to an activating group) is 2. The van der Waals surface area contributed by atoms with Gasteiger partial charge in [0.15, 0.2) is 0 Å². The van der Waals surface area contributed by atoms with Crippen molar-refractivity contribution >= 4 is 78.5 Å². The molecule has 0 bridgehead atoms. The molecular weight excluding hydrogens is 1380 g/mol. The lowest BCUT2D eigenvalue weighted by molar-refractivity contribution is -0.135. The van der Waals surface area contributed by atoms with Gasteiger partial charge in [-0.2, -0.15) is 0 Å². The lowest BCUT2D eigenvalue weighted by Gasteiger charge is -2.37. The van der Waals surface area contributed by atoms with Gasteiger partial charge in [0.2, 0.25) is 11.8 Å². The highest BCUT2D eigenvalue weighted by Gasteiger charge is 2.48. The number of hydrogen-bond donors (Lipinski definition) is 2. The van der Waals surface area contributed by atoms with Gasteiger partial charge in [0, 0.05) is 108 Å². The maximum absolute atomic E-state index is 16.8. The zero-order chi connectivity index (χ0) is 76.8. The van der Waals surface area contributed by atoms with Crippen LogP contribution < -0.4 is 29.6 Å². The topological polar surface area (TPSA) is 201 Å². The van der Waals surface area contributed by atoms with E-state index in [1.165, 1.54) is 0 Å². The van der Waals surface area contributed by atoms with Crippen molar-refractivity contribution in [3.05, 3.63) is 238 Å². The van der Waals surface area contributed by atoms with E-state index in [2.05, 4.69) is 66.0 Å². The third kappa shape index (κ3) is 14.9. The molecule has 2 fully saturated rings. The minimum absolute atomic E-state index is 0.0125. The Balaban J connectivity index is 1.06. The average molecular weight is 1480 g/mol. The van der Waals surface area contributed by atoms with Crippen molar-refractivity contribution in [2.75, 3.05) is 65.6 Å². The SMILES string of the molecule is CCN(CCNCC1CO1)C(=O)C(Cc1ccccc1)N1C(=O)c2cc(Oc3ccc(C(C)C)cc3)c3c4c(Oc5ccc(C(C)C)cc5)cc5c6c(cc(Oc7ccc(C(C)C)cc7)c(c7c(Oc8ccc(C(C)C)cc8)cc(c2c37)C1=O)c64)C(=O)N(C(Cc1ccccc1)C(=O)N(CC)CCNCC1CO1)C5=O. The Morgan fingerprint density at radius 3 is 0.891 bits per heavy atom. The molecule has 0 aromatic heterocycles. The van der Waals surface area contributed by atoms with Crippen LogP contribution in [0.1, 0.15) is 168 Å². The lowest BCUT2D eigenvalue weighted by Crippen LogP contribution is -2.56. The molecule has 18 heteroatoms. The molecule has 2 N–H and O–H groups in total. The minimum atomic E-state index is -1.35. The molecule has 0 aliphatic carbocycles. The number of carbonyl (C=O) groups is 6. The number of imide groups is 2. The second-order valence-corrected chi connectivity index (χ2v) is 30.5. The van der Waals surface area contributed by atoms with Crippen LogP contribution in [-0.2, 0) is 31.9 Å². The summed E-state index contributed by atoms with van der Waals surface area (Å²) in [5.74, 6) is -1.10. The van der Waals surface area contributed by atoms with Gasteiger partial charge in [0.25, 0.3) is 23.6 Å². The number of rotatable bonds is 32. The third-order valence-corrected chi connectivity index (χ3v) is 21.8. The molecule has 0 spiro atoms. The molecular formula is C92H94N6O12. The first kappa shape index (κ1) is 74.4. The molecule has 2 saturated heterocycles. The highest BCUT2D eigenvalue weighted by molar-refractivity contribution is 6.45. The summed E-state index contributed by atoms with van der Waals surface area (Å²) >= 11 is 0. The van der Waals surface area contributed by atoms with Crippen LogP contribution in [0.25, 0.3) is 43.1 Å². The summed E-state index contributed by atoms with van der Waals surface area (Å²) in [6.07, 6.45) is 0.187. The summed E-state index contributed by atoms with van der Waals surface area (Å²) in [5, 5.41) is 9.27. The molecule has 4 unspecified atom stereocenters. The van der Waals surface area contributed by atoms with Crippen molar-refractivity contribution in [3.63, 3.8) is 0 Å². The summed E-state index contributed by atoms with van der Waals surface area (Å²) in [5.41, 5.74) is 5.85. The van der Waals surface area contributed by atoms with Gasteiger partial charge >= 0.3 is 0 Å². The molecule has 4 atom stereocenters. The molecule has 6 amide bonds. The summed E-state index contributed by atoms with van der Waals surface area (Å²) in [6, 6.07) is 53.6. The molecule has 15 rings (SSSR count). The predicted molar refractivity (Wildman–Crippen MR) is 429 cm³/mol. The van der Waals surface area contributed by atoms with Crippen LogP contribution in [0.2, 0.25) is 0 Å². The van der Waals surface area contributed by atoms with E-state index >= 15 is 28.8 Å². The molecule has 564 valence electrons. The summed E-state index contributed by atoms with van der Waals surface area (Å²) in [7, 11) is 0. The average Bonchev–Trinajstić information content (AvgIpc) is 1.21. The highest BCUT2D eigenvalue weighted by atomic mass is 16.6. The molecule has 110 heavy (non-hydrogen) atoms. The number of nitrogens with zero attached hydrogens (tertiary/aromatic N) is 4. The van der Waals surface area contributed by atoms with Crippen molar-refractivity contribution in [1.82, 2.24) is 30.2 Å². The lowest BCUT2D eigenvalue weighted by atomic mass is 9.80. The van der Waals surface area contributed by atoms with Gasteiger partial charge in [0.05, 0.1) is 47.7 Å². The minimum Gasteiger partial charge on any atom is -0.457 e. The number of nitrogens with one attached hydrogen (secondary N) is 2. The van der Waals surface area contributed by atoms with E-state index in [-0.39, 0.29) is 131 Å². The molecule has 4 aliphatic heterocycles. The Kier molecular flexibility index (Phi) is 21.3. The van der Waals surface area contributed by atoms with Crippen LogP contribution in [0.5, 0.6) is 46.0 Å². The molecule has 4 heterocycles. The number of fused-ring (bicyclic) bond motifs is 2. The normalized spacial score (nSPS) is 15.8. The Morgan fingerprint density at radius 1 is 0.391 bits per heavy atom. The van der Waals surface area contributed by atoms with E-state index in [1.807, 2.05) is 172 Å². The smallest absolute Gasteiger partial charge is 0.262 e. The van der Waals surface area contributed by atoms with Crippen molar-refractivity contribution in [3.8, 4) is 46.0 Å². The number of amides is 6. The molecule has 0 radical (unpaired) electrons. The van der Waals surface area contributed by atoms with Gasteiger partial charge < -0.3 is 48.9 Å². The van der Waals surface area contributed by atoms with E-state index in [0.717, 1.165) is 43.2 Å². The van der Waals surface area contributed by atoms with Crippen LogP contribution >= 0.6 is 0 Å². The molecule has 4 aliphatic rings. The van der Waals surface area contributed by atoms with Crippen molar-refractivity contribution in [2.24, 2.45) is 0 Å². The van der Waals surface area contributed by atoms with Crippen LogP contribution in [0.4, 0.5) is 0 Å². The van der Waals surface area contributed by atoms with Gasteiger partial charge in [-0.25, -0.2) is 0 Å². The summed E-state index contributed by atoms with van der Waals surface area (Å²) in [4.78, 5) is 104. The molecule has 0 saturated carbocycles. The van der Waals surface area contributed by atoms with Gasteiger partial charge in [-0.15, -0.1) is 0 Å². The van der Waals surface area contributed by atoms with E-state index in [4.69, 9.17) is 28.4 Å². The molecule has 11 aromatic carbocycles. The first-order valence-corrected chi connectivity index (χ1v) is 38.8. The standard InChI is InChI=1S/C92H94N6O12/c1-11-95(41-39-93-49-67-51-105-67)91(103)73(43-57-19-15-13-16-20-57)97-87(99)69-45-75(107-63-31-23-59(24-32-63)53(3)4)81-83-77(109-65-35-27-61(28-36-65)55(7)8)47-71-80-72(90(102)98(89(71)101)74(44-58-21-17-14-18-22-58)92(104)96(12-2)42-40-94-50-68-52-106-68)48-78(110-66-37-29-62(30-38-66)56(9)10)84(86(80)83)82-76(46-70(88(97)100)79(69)85(81)82)108-64-33-25-60(26-34-64)54(5)6/h13-38,45-48,53-56,67-68,73-74,93-94H,11-12,39-44,49-52H2,1-10H3. The van der Waals surface area contributed by atoms with Gasteiger partial charge in [-0.1, -0.05) is 165 Å². The van der Waals surface area contributed by atoms with E-state index in [9.17, 15) is 0 Å². The number of epoxide rings is 2. The fraction of sp³-hybridized carbons (Fsp3) is 0.326. The van der Waals surface area contributed by atoms with Crippen molar-refractivity contribution in [1.29, 1.82) is 0 Å². The maximum atomic E-state index is 16.8. The molecule has 18 nitrogen and oxygen atoms in total. The fourth-order valence-electron chi connectivity index (χ4n) is 15.5. The largest absolute Gasteiger partial charge is 0.457 e. The Bertz CT molecular complexity index is 4730. The Morgan fingerprint density at radius 2 is 0.655 bits per heavy atom. The quantitative estimate of drug-likeness (QED) is 0.0133. The number of hydrogen-bond acceptors (Lipinski definition) is 14. The fourth-order valence-corrected chi connectivity index (χ4v) is 15.5. The van der Waals surface area contributed by atoms with Gasteiger partial charge in [-0.05, 0) is 144 Å². The van der Waals surface area contributed by atoms with Crippen molar-refractivity contribution in [2.45, 2.75) is 130 Å². The van der Waals surface area contributed by atoms with E-state index in [0.29, 0.717) is 94.7 Å². The van der Waals surface area contributed by atoms with E-state index < -0.39 is 47.5 Å². The highest BCUT2D eigenvalue weighted by Crippen LogP contribution is 2.58. The summed E-state index contributed by atoms with van der Waals surface area (Å²) in [6.45, 7) is 25.2. The zero-order valence-electron chi connectivity index (χ0n) is 64.1. The second-order valence-electron chi connectivity index (χ2n) is 30.5. The van der Waals surface area contributed by atoms with Crippen molar-refractivity contribution < 1.29 is 57.2 Å². The maximum Gasteiger partial charge on any atom is 0.262 e. The zero-order valence-corrected chi connectivity index (χ0v) is 64.1. The third-order valence-electron chi connectivity index (χ3n) is 21.8. The second kappa shape index (κ2) is 31.5. The summed E-state index contributed by atoms with van der Waals surface area (Å²) < 4.78 is 40.6. The van der Waals surface area contributed by atoms with Crippen LogP contribution in [0, 0.1) is 0 Å². The predicted octanol–water partition coefficient (Wildman–Crippen LogP) is 17.5. The van der Waals surface area contributed by atoms with Gasteiger partial charge in [-0.3, -0.25) is 38.6 Å². The Hall–Kier alpha value is -11.0. The monoisotopic (exact) mass is 1470 g/mol. The number of carbonyl (C=O) groups excluding carboxylic acids is 6. The van der Waals surface area contributed by atoms with E-state index in [1.54, 1.807) is 34.1 Å². The molecule has 11 aromatic rings. The van der Waals surface area contributed by atoms with Gasteiger partial charge in [0.1, 0.15) is 58.1 Å². The Labute approximate surface area is 641 Å².